The van der Waals surface area contributed by atoms with Crippen LogP contribution < -0.4 is 15.0 Å². The van der Waals surface area contributed by atoms with Crippen molar-refractivity contribution in [1.29, 1.82) is 0 Å². The number of hydrogen-bond donors (Lipinski definition) is 1. The Morgan fingerprint density at radius 2 is 1.84 bits per heavy atom. The van der Waals surface area contributed by atoms with Gasteiger partial charge in [-0.05, 0) is 67.9 Å². The van der Waals surface area contributed by atoms with Gasteiger partial charge >= 0.3 is 0 Å². The van der Waals surface area contributed by atoms with Crippen LogP contribution >= 0.6 is 0 Å². The van der Waals surface area contributed by atoms with E-state index >= 15 is 0 Å². The van der Waals surface area contributed by atoms with Gasteiger partial charge in [0.25, 0.3) is 5.91 Å². The summed E-state index contributed by atoms with van der Waals surface area (Å²) in [6.07, 6.45) is 6.69. The highest BCUT2D eigenvalue weighted by atomic mass is 19.1. The lowest BCUT2D eigenvalue weighted by atomic mass is 10.1. The maximum Gasteiger partial charge on any atom is 0.265 e. The van der Waals surface area contributed by atoms with Crippen LogP contribution in [0, 0.1) is 5.82 Å². The average Bonchev–Trinajstić information content (AvgIpc) is 2.79. The molecule has 162 valence electrons. The molecule has 7 heteroatoms. The zero-order valence-corrected chi connectivity index (χ0v) is 17.4. The van der Waals surface area contributed by atoms with Crippen LogP contribution in [0.2, 0.25) is 0 Å². The van der Waals surface area contributed by atoms with Gasteiger partial charge in [-0.1, -0.05) is 18.6 Å². The van der Waals surface area contributed by atoms with Crippen LogP contribution in [0.25, 0.3) is 6.08 Å². The molecule has 2 aromatic rings. The highest BCUT2D eigenvalue weighted by Gasteiger charge is 2.26. The fraction of sp³-hybridized carbons (Fsp3) is 0.333. The van der Waals surface area contributed by atoms with Crippen molar-refractivity contribution in [3.63, 3.8) is 0 Å². The van der Waals surface area contributed by atoms with Gasteiger partial charge in [0.15, 0.2) is 6.61 Å². The number of carbonyl (C=O) groups is 2. The van der Waals surface area contributed by atoms with E-state index in [2.05, 4.69) is 10.2 Å². The van der Waals surface area contributed by atoms with Crippen molar-refractivity contribution in [1.82, 2.24) is 4.90 Å². The molecular formula is C24H26FN3O3. The number of piperidine rings is 1. The summed E-state index contributed by atoms with van der Waals surface area (Å²) >= 11 is 0. The minimum Gasteiger partial charge on any atom is -0.482 e. The maximum atomic E-state index is 13.0. The first-order valence-electron chi connectivity index (χ1n) is 10.6. The summed E-state index contributed by atoms with van der Waals surface area (Å²) in [5, 5.41) is 2.81. The van der Waals surface area contributed by atoms with Crippen molar-refractivity contribution >= 4 is 29.3 Å². The fourth-order valence-electron chi connectivity index (χ4n) is 3.88. The summed E-state index contributed by atoms with van der Waals surface area (Å²) in [4.78, 5) is 28.9. The fourth-order valence-corrected chi connectivity index (χ4v) is 3.88. The monoisotopic (exact) mass is 423 g/mol. The third-order valence-corrected chi connectivity index (χ3v) is 5.56. The van der Waals surface area contributed by atoms with Crippen molar-refractivity contribution in [3.8, 4) is 5.75 Å². The number of hydrogen-bond acceptors (Lipinski definition) is 4. The molecule has 4 rings (SSSR count). The molecule has 0 bridgehead atoms. The third-order valence-electron chi connectivity index (χ3n) is 5.56. The summed E-state index contributed by atoms with van der Waals surface area (Å²) in [7, 11) is 0. The Kier molecular flexibility index (Phi) is 6.62. The summed E-state index contributed by atoms with van der Waals surface area (Å²) in [5.41, 5.74) is 1.98. The lowest BCUT2D eigenvalue weighted by Crippen LogP contribution is -2.44. The lowest BCUT2D eigenvalue weighted by Gasteiger charge is -2.33. The second-order valence-corrected chi connectivity index (χ2v) is 7.79. The normalized spacial score (nSPS) is 16.8. The van der Waals surface area contributed by atoms with E-state index in [0.717, 1.165) is 25.2 Å². The minimum atomic E-state index is -0.322. The van der Waals surface area contributed by atoms with Crippen LogP contribution in [0.3, 0.4) is 0 Å². The number of anilines is 2. The molecule has 1 fully saturated rings. The summed E-state index contributed by atoms with van der Waals surface area (Å²) in [5.74, 6) is -0.0771. The Labute approximate surface area is 181 Å². The van der Waals surface area contributed by atoms with Crippen molar-refractivity contribution in [2.45, 2.75) is 19.3 Å². The van der Waals surface area contributed by atoms with E-state index < -0.39 is 0 Å². The number of carbonyl (C=O) groups excluding carboxylic acids is 2. The van der Waals surface area contributed by atoms with Gasteiger partial charge in [-0.3, -0.25) is 9.59 Å². The van der Waals surface area contributed by atoms with Gasteiger partial charge in [0, 0.05) is 24.9 Å². The molecule has 0 unspecified atom stereocenters. The molecule has 2 amide bonds. The molecule has 2 aromatic carbocycles. The van der Waals surface area contributed by atoms with Crippen LogP contribution in [0.1, 0.15) is 24.8 Å². The predicted octanol–water partition coefficient (Wildman–Crippen LogP) is 3.69. The van der Waals surface area contributed by atoms with Crippen molar-refractivity contribution in [3.05, 3.63) is 59.9 Å². The SMILES string of the molecule is O=C(/C=C/c1ccc(F)cc1)Nc1ccc2c(c1)N(CCN1CCCCC1)C(=O)CO2. The molecule has 2 aliphatic rings. The van der Waals surface area contributed by atoms with Crippen LogP contribution in [-0.4, -0.2) is 49.5 Å². The Balaban J connectivity index is 1.43. The van der Waals surface area contributed by atoms with Gasteiger partial charge in [0.05, 0.1) is 5.69 Å². The van der Waals surface area contributed by atoms with E-state index in [0.29, 0.717) is 23.7 Å². The smallest absolute Gasteiger partial charge is 0.265 e. The largest absolute Gasteiger partial charge is 0.482 e. The third kappa shape index (κ3) is 5.49. The molecule has 31 heavy (non-hydrogen) atoms. The average molecular weight is 423 g/mol. The predicted molar refractivity (Wildman–Crippen MR) is 119 cm³/mol. The van der Waals surface area contributed by atoms with Crippen molar-refractivity contribution in [2.24, 2.45) is 0 Å². The maximum absolute atomic E-state index is 13.0. The first-order valence-corrected chi connectivity index (χ1v) is 10.6. The molecule has 0 aliphatic carbocycles. The van der Waals surface area contributed by atoms with Gasteiger partial charge in [0.1, 0.15) is 11.6 Å². The number of nitrogens with one attached hydrogen (secondary N) is 1. The van der Waals surface area contributed by atoms with Crippen LogP contribution in [0.15, 0.2) is 48.5 Å². The number of amides is 2. The highest BCUT2D eigenvalue weighted by Crippen LogP contribution is 2.34. The van der Waals surface area contributed by atoms with Gasteiger partial charge in [-0.2, -0.15) is 0 Å². The van der Waals surface area contributed by atoms with Gasteiger partial charge in [-0.15, -0.1) is 0 Å². The van der Waals surface area contributed by atoms with E-state index in [-0.39, 0.29) is 24.2 Å². The summed E-state index contributed by atoms with van der Waals surface area (Å²) < 4.78 is 18.6. The zero-order valence-electron chi connectivity index (χ0n) is 17.4. The molecule has 0 radical (unpaired) electrons. The second-order valence-electron chi connectivity index (χ2n) is 7.79. The van der Waals surface area contributed by atoms with Crippen molar-refractivity contribution in [2.75, 3.05) is 43.0 Å². The molecule has 6 nitrogen and oxygen atoms in total. The van der Waals surface area contributed by atoms with E-state index in [9.17, 15) is 14.0 Å². The topological polar surface area (TPSA) is 61.9 Å². The van der Waals surface area contributed by atoms with Crippen LogP contribution in [0.4, 0.5) is 15.8 Å². The first-order chi connectivity index (χ1) is 15.1. The molecule has 0 aromatic heterocycles. The van der Waals surface area contributed by atoms with E-state index in [4.69, 9.17) is 4.74 Å². The van der Waals surface area contributed by atoms with Gasteiger partial charge < -0.3 is 19.9 Å². The standard InChI is InChI=1S/C24H26FN3O3/c25-19-7-4-18(5-8-19)6-11-23(29)26-20-9-10-22-21(16-20)28(24(30)17-31-22)15-14-27-12-2-1-3-13-27/h4-11,16H,1-3,12-15,17H2,(H,26,29)/b11-6+. The molecule has 2 aliphatic heterocycles. The Bertz CT molecular complexity index is 969. The molecule has 0 atom stereocenters. The number of nitrogens with zero attached hydrogens (tertiary/aromatic N) is 2. The lowest BCUT2D eigenvalue weighted by molar-refractivity contribution is -0.121. The number of likely N-dealkylation sites (tertiary alicyclic amines) is 1. The molecular weight excluding hydrogens is 397 g/mol. The number of benzene rings is 2. The number of fused-ring (bicyclic) bond motifs is 1. The second kappa shape index (κ2) is 9.75. The molecule has 0 saturated carbocycles. The van der Waals surface area contributed by atoms with E-state index in [1.165, 1.54) is 37.5 Å². The number of rotatable bonds is 6. The Morgan fingerprint density at radius 1 is 1.06 bits per heavy atom. The van der Waals surface area contributed by atoms with E-state index in [1.807, 2.05) is 0 Å². The highest BCUT2D eigenvalue weighted by molar-refractivity contribution is 6.03. The molecule has 0 spiro atoms. The van der Waals surface area contributed by atoms with Crippen LogP contribution in [0.5, 0.6) is 5.75 Å². The van der Waals surface area contributed by atoms with Gasteiger partial charge in [-0.25, -0.2) is 4.39 Å². The molecule has 2 heterocycles. The summed E-state index contributed by atoms with van der Waals surface area (Å²) in [6.45, 7) is 3.59. The number of halogens is 1. The number of ether oxygens (including phenoxy) is 1. The minimum absolute atomic E-state index is 0.0269. The zero-order chi connectivity index (χ0) is 21.6. The molecule has 1 saturated heterocycles. The van der Waals surface area contributed by atoms with Gasteiger partial charge in [0.2, 0.25) is 5.91 Å². The van der Waals surface area contributed by atoms with Crippen LogP contribution in [-0.2, 0) is 9.59 Å². The Morgan fingerprint density at radius 3 is 2.61 bits per heavy atom. The van der Waals surface area contributed by atoms with Crippen molar-refractivity contribution < 1.29 is 18.7 Å². The Hall–Kier alpha value is -3.19. The first kappa shape index (κ1) is 21.1. The summed E-state index contributed by atoms with van der Waals surface area (Å²) in [6, 6.07) is 11.2. The van der Waals surface area contributed by atoms with E-state index in [1.54, 1.807) is 41.3 Å². The molecule has 1 N–H and O–H groups in total. The quantitative estimate of drug-likeness (QED) is 0.720.